The Morgan fingerprint density at radius 2 is 1.94 bits per heavy atom. The molecule has 3 nitrogen and oxygen atoms in total. The average Bonchev–Trinajstić information content (AvgIpc) is 2.30. The molecular weight excluding hydrogens is 263 g/mol. The number of ether oxygens (including phenoxy) is 1. The van der Waals surface area contributed by atoms with E-state index >= 15 is 0 Å². The molecule has 0 amide bonds. The molecule has 0 heterocycles. The molecule has 0 aliphatic carbocycles. The minimum absolute atomic E-state index is 0.268. The van der Waals surface area contributed by atoms with Crippen LogP contribution in [0.2, 0.25) is 10.0 Å². The second kappa shape index (κ2) is 6.42. The van der Waals surface area contributed by atoms with E-state index in [1.54, 1.807) is 6.92 Å². The van der Waals surface area contributed by atoms with Crippen LogP contribution in [0.3, 0.4) is 0 Å². The van der Waals surface area contributed by atoms with Crippen LogP contribution in [0.5, 0.6) is 0 Å². The van der Waals surface area contributed by atoms with Crippen molar-refractivity contribution in [3.8, 4) is 0 Å². The predicted molar refractivity (Wildman–Crippen MR) is 66.6 cm³/mol. The fourth-order valence-electron chi connectivity index (χ4n) is 1.08. The third-order valence-corrected chi connectivity index (χ3v) is 2.60. The number of hydrogen-bond donors (Lipinski definition) is 0. The number of rotatable bonds is 4. The Morgan fingerprint density at radius 1 is 1.24 bits per heavy atom. The summed E-state index contributed by atoms with van der Waals surface area (Å²) in [5.41, 5.74) is 0.361. The Hall–Kier alpha value is -1.32. The third kappa shape index (κ3) is 4.21. The van der Waals surface area contributed by atoms with Gasteiger partial charge in [0.15, 0.2) is 5.78 Å². The van der Waals surface area contributed by atoms with Crippen molar-refractivity contribution in [3.05, 3.63) is 46.0 Å². The number of benzene rings is 1. The van der Waals surface area contributed by atoms with Gasteiger partial charge in [-0.2, -0.15) is 0 Å². The van der Waals surface area contributed by atoms with Crippen molar-refractivity contribution in [2.24, 2.45) is 0 Å². The van der Waals surface area contributed by atoms with Crippen molar-refractivity contribution >= 4 is 35.0 Å². The molecule has 1 aromatic carbocycles. The molecule has 0 saturated carbocycles. The molecule has 0 aliphatic heterocycles. The lowest BCUT2D eigenvalue weighted by molar-refractivity contribution is -0.137. The number of carbonyl (C=O) groups excluding carboxylic acids is 2. The van der Waals surface area contributed by atoms with Crippen LogP contribution in [0.1, 0.15) is 17.3 Å². The van der Waals surface area contributed by atoms with E-state index in [-0.39, 0.29) is 12.4 Å². The fourth-order valence-corrected chi connectivity index (χ4v) is 1.38. The molecule has 5 heteroatoms. The first-order valence-corrected chi connectivity index (χ1v) is 5.64. The Balaban J connectivity index is 2.76. The van der Waals surface area contributed by atoms with Crippen LogP contribution in [0.25, 0.3) is 0 Å². The molecule has 0 aromatic heterocycles. The van der Waals surface area contributed by atoms with Crippen LogP contribution >= 0.6 is 23.2 Å². The minimum Gasteiger partial charge on any atom is -0.463 e. The van der Waals surface area contributed by atoms with Crippen molar-refractivity contribution in [2.45, 2.75) is 6.92 Å². The zero-order chi connectivity index (χ0) is 12.8. The van der Waals surface area contributed by atoms with E-state index < -0.39 is 5.97 Å². The first kappa shape index (κ1) is 13.7. The third-order valence-electron chi connectivity index (χ3n) is 1.86. The van der Waals surface area contributed by atoms with E-state index in [1.807, 2.05) is 0 Å². The highest BCUT2D eigenvalue weighted by atomic mass is 35.5. The van der Waals surface area contributed by atoms with Crippen molar-refractivity contribution < 1.29 is 14.3 Å². The van der Waals surface area contributed by atoms with Gasteiger partial charge in [-0.3, -0.25) is 4.79 Å². The molecule has 0 aliphatic rings. The van der Waals surface area contributed by atoms with Crippen LogP contribution in [0, 0.1) is 0 Å². The Bertz CT molecular complexity index is 467. The number of halogens is 2. The minimum atomic E-state index is -0.555. The fraction of sp³-hybridized carbons (Fsp3) is 0.167. The normalized spacial score (nSPS) is 10.5. The van der Waals surface area contributed by atoms with Gasteiger partial charge in [0.1, 0.15) is 0 Å². The number of ketones is 1. The van der Waals surface area contributed by atoms with E-state index in [9.17, 15) is 9.59 Å². The predicted octanol–water partition coefficient (Wildman–Crippen LogP) is 3.30. The SMILES string of the molecule is CCOC(=O)C=CC(=O)c1ccc(Cl)c(Cl)c1. The number of esters is 1. The Labute approximate surface area is 109 Å². The lowest BCUT2D eigenvalue weighted by atomic mass is 10.1. The molecule has 0 unspecified atom stereocenters. The van der Waals surface area contributed by atoms with Crippen LogP contribution in [0.15, 0.2) is 30.4 Å². The highest BCUT2D eigenvalue weighted by molar-refractivity contribution is 6.42. The van der Waals surface area contributed by atoms with Crippen molar-refractivity contribution in [1.29, 1.82) is 0 Å². The topological polar surface area (TPSA) is 43.4 Å². The first-order chi connectivity index (χ1) is 8.04. The van der Waals surface area contributed by atoms with Crippen molar-refractivity contribution in [3.63, 3.8) is 0 Å². The summed E-state index contributed by atoms with van der Waals surface area (Å²) in [7, 11) is 0. The lowest BCUT2D eigenvalue weighted by Gasteiger charge is -1.99. The molecule has 90 valence electrons. The van der Waals surface area contributed by atoms with E-state index in [0.717, 1.165) is 12.2 Å². The van der Waals surface area contributed by atoms with Crippen molar-refractivity contribution in [2.75, 3.05) is 6.61 Å². The summed E-state index contributed by atoms with van der Waals surface area (Å²) in [5.74, 6) is -0.891. The van der Waals surface area contributed by atoms with Crippen LogP contribution < -0.4 is 0 Å². The Morgan fingerprint density at radius 3 is 2.53 bits per heavy atom. The maximum absolute atomic E-state index is 11.6. The van der Waals surface area contributed by atoms with E-state index in [1.165, 1.54) is 18.2 Å². The van der Waals surface area contributed by atoms with Crippen LogP contribution in [-0.2, 0) is 9.53 Å². The smallest absolute Gasteiger partial charge is 0.330 e. The van der Waals surface area contributed by atoms with Gasteiger partial charge in [-0.1, -0.05) is 23.2 Å². The lowest BCUT2D eigenvalue weighted by Crippen LogP contribution is -2.01. The van der Waals surface area contributed by atoms with E-state index in [0.29, 0.717) is 15.6 Å². The monoisotopic (exact) mass is 272 g/mol. The second-order valence-electron chi connectivity index (χ2n) is 3.08. The quantitative estimate of drug-likeness (QED) is 0.480. The van der Waals surface area contributed by atoms with E-state index in [2.05, 4.69) is 4.74 Å². The van der Waals surface area contributed by atoms with Gasteiger partial charge < -0.3 is 4.74 Å². The molecular formula is C12H10Cl2O3. The maximum atomic E-state index is 11.6. The molecule has 17 heavy (non-hydrogen) atoms. The number of hydrogen-bond acceptors (Lipinski definition) is 3. The van der Waals surface area contributed by atoms with Gasteiger partial charge in [-0.25, -0.2) is 4.79 Å². The highest BCUT2D eigenvalue weighted by Gasteiger charge is 2.06. The largest absolute Gasteiger partial charge is 0.463 e. The standard InChI is InChI=1S/C12H10Cl2O3/c1-2-17-12(16)6-5-11(15)8-3-4-9(13)10(14)7-8/h3-7H,2H2,1H3. The summed E-state index contributed by atoms with van der Waals surface area (Å²) < 4.78 is 4.65. The molecule has 0 saturated heterocycles. The van der Waals surface area contributed by atoms with Gasteiger partial charge in [0.2, 0.25) is 0 Å². The highest BCUT2D eigenvalue weighted by Crippen LogP contribution is 2.22. The molecule has 0 spiro atoms. The molecule has 0 bridgehead atoms. The van der Waals surface area contributed by atoms with Crippen LogP contribution in [-0.4, -0.2) is 18.4 Å². The van der Waals surface area contributed by atoms with Gasteiger partial charge in [0, 0.05) is 11.6 Å². The maximum Gasteiger partial charge on any atom is 0.330 e. The van der Waals surface area contributed by atoms with Crippen LogP contribution in [0.4, 0.5) is 0 Å². The summed E-state index contributed by atoms with van der Waals surface area (Å²) in [4.78, 5) is 22.6. The summed E-state index contributed by atoms with van der Waals surface area (Å²) in [6, 6.07) is 4.50. The molecule has 0 fully saturated rings. The summed E-state index contributed by atoms with van der Waals surface area (Å²) in [5, 5.41) is 0.666. The summed E-state index contributed by atoms with van der Waals surface area (Å²) >= 11 is 11.5. The number of allylic oxidation sites excluding steroid dienone is 1. The summed E-state index contributed by atoms with van der Waals surface area (Å²) in [6.07, 6.45) is 2.21. The first-order valence-electron chi connectivity index (χ1n) is 4.88. The number of carbonyl (C=O) groups is 2. The average molecular weight is 273 g/mol. The molecule has 1 aromatic rings. The van der Waals surface area contributed by atoms with Crippen molar-refractivity contribution in [1.82, 2.24) is 0 Å². The molecule has 0 atom stereocenters. The second-order valence-corrected chi connectivity index (χ2v) is 3.89. The zero-order valence-corrected chi connectivity index (χ0v) is 10.6. The molecule has 0 N–H and O–H groups in total. The van der Waals surface area contributed by atoms with Gasteiger partial charge in [0.05, 0.1) is 16.7 Å². The zero-order valence-electron chi connectivity index (χ0n) is 9.07. The van der Waals surface area contributed by atoms with Gasteiger partial charge in [-0.15, -0.1) is 0 Å². The van der Waals surface area contributed by atoms with Gasteiger partial charge in [-0.05, 0) is 31.2 Å². The molecule has 0 radical (unpaired) electrons. The van der Waals surface area contributed by atoms with Gasteiger partial charge >= 0.3 is 5.97 Å². The molecule has 1 rings (SSSR count). The Kier molecular flexibility index (Phi) is 5.19. The van der Waals surface area contributed by atoms with Gasteiger partial charge in [0.25, 0.3) is 0 Å². The van der Waals surface area contributed by atoms with E-state index in [4.69, 9.17) is 23.2 Å². The summed E-state index contributed by atoms with van der Waals surface area (Å²) in [6.45, 7) is 1.96.